The van der Waals surface area contributed by atoms with Gasteiger partial charge in [0.25, 0.3) is 5.91 Å². The molecule has 0 saturated carbocycles. The summed E-state index contributed by atoms with van der Waals surface area (Å²) in [6.45, 7) is 7.43. The molecule has 2 aromatic rings. The van der Waals surface area contributed by atoms with Gasteiger partial charge in [-0.25, -0.2) is 13.1 Å². The van der Waals surface area contributed by atoms with Crippen LogP contribution >= 0.6 is 0 Å². The summed E-state index contributed by atoms with van der Waals surface area (Å²) in [6, 6.07) is 15.9. The molecule has 0 aromatic heterocycles. The minimum atomic E-state index is -3.54. The lowest BCUT2D eigenvalue weighted by Gasteiger charge is -2.17. The molecule has 0 aliphatic rings. The van der Waals surface area contributed by atoms with Gasteiger partial charge in [-0.3, -0.25) is 4.79 Å². The molecule has 0 bridgehead atoms. The molecular weight excluding hydrogens is 362 g/mol. The van der Waals surface area contributed by atoms with E-state index in [-0.39, 0.29) is 28.9 Å². The molecule has 0 spiro atoms. The van der Waals surface area contributed by atoms with E-state index in [2.05, 4.69) is 17.0 Å². The van der Waals surface area contributed by atoms with E-state index in [0.29, 0.717) is 5.69 Å². The first-order valence-corrected chi connectivity index (χ1v) is 10.5. The minimum Gasteiger partial charge on any atom is -0.330 e. The molecule has 7 heteroatoms. The Kier molecular flexibility index (Phi) is 7.12. The molecule has 0 fully saturated rings. The van der Waals surface area contributed by atoms with E-state index in [1.54, 1.807) is 26.0 Å². The zero-order valence-electron chi connectivity index (χ0n) is 16.1. The molecule has 1 amide bonds. The first-order chi connectivity index (χ1) is 12.7. The van der Waals surface area contributed by atoms with Crippen LogP contribution in [0.15, 0.2) is 59.5 Å². The average molecular weight is 391 g/mol. The van der Waals surface area contributed by atoms with E-state index < -0.39 is 10.0 Å². The molecule has 0 unspecified atom stereocenters. The fraction of sp³-hybridized carbons (Fsp3) is 0.350. The third-order valence-corrected chi connectivity index (χ3v) is 5.81. The Morgan fingerprint density at radius 3 is 2.07 bits per heavy atom. The lowest BCUT2D eigenvalue weighted by Crippen LogP contribution is -2.91. The number of carbonyl (C=O) groups excluding carboxylic acids is 1. The summed E-state index contributed by atoms with van der Waals surface area (Å²) in [5.74, 6) is -0.131. The third-order valence-electron chi connectivity index (χ3n) is 4.14. The molecule has 2 atom stereocenters. The highest BCUT2D eigenvalue weighted by atomic mass is 32.2. The Morgan fingerprint density at radius 2 is 1.52 bits per heavy atom. The van der Waals surface area contributed by atoms with Crippen LogP contribution in [0.3, 0.4) is 0 Å². The summed E-state index contributed by atoms with van der Waals surface area (Å²) in [5, 5.41) is 4.83. The lowest BCUT2D eigenvalue weighted by atomic mass is 10.1. The number of hydrogen-bond donors (Lipinski definition) is 3. The Bertz CT molecular complexity index is 850. The van der Waals surface area contributed by atoms with Crippen LogP contribution in [0.1, 0.15) is 39.3 Å². The second-order valence-corrected chi connectivity index (χ2v) is 8.68. The van der Waals surface area contributed by atoms with Gasteiger partial charge in [-0.05, 0) is 52.0 Å². The molecule has 2 aromatic carbocycles. The summed E-state index contributed by atoms with van der Waals surface area (Å²) in [6.07, 6.45) is 0. The van der Waals surface area contributed by atoms with Crippen molar-refractivity contribution in [2.45, 2.75) is 50.7 Å². The predicted octanol–water partition coefficient (Wildman–Crippen LogP) is 2.02. The largest absolute Gasteiger partial charge is 0.330 e. The van der Waals surface area contributed by atoms with Crippen LogP contribution in [0.4, 0.5) is 5.69 Å². The van der Waals surface area contributed by atoms with Gasteiger partial charge in [0.1, 0.15) is 6.04 Å². The Morgan fingerprint density at radius 1 is 0.926 bits per heavy atom. The lowest BCUT2D eigenvalue weighted by molar-refractivity contribution is -0.709. The van der Waals surface area contributed by atoms with E-state index in [4.69, 9.17) is 0 Å². The fourth-order valence-corrected chi connectivity index (χ4v) is 3.99. The molecule has 27 heavy (non-hydrogen) atoms. The summed E-state index contributed by atoms with van der Waals surface area (Å²) < 4.78 is 26.8. The molecule has 0 radical (unpaired) electrons. The topological polar surface area (TPSA) is 91.9 Å². The van der Waals surface area contributed by atoms with Crippen molar-refractivity contribution < 1.29 is 18.5 Å². The van der Waals surface area contributed by atoms with Gasteiger partial charge in [0, 0.05) is 17.3 Å². The van der Waals surface area contributed by atoms with Gasteiger partial charge >= 0.3 is 0 Å². The minimum absolute atomic E-state index is 0.131. The van der Waals surface area contributed by atoms with Crippen LogP contribution in [0.2, 0.25) is 0 Å². The van der Waals surface area contributed by atoms with Crippen molar-refractivity contribution >= 4 is 21.6 Å². The molecule has 146 valence electrons. The molecular formula is C20H28N3O3S+. The quantitative estimate of drug-likeness (QED) is 0.644. The number of quaternary nitrogens is 1. The molecule has 0 aliphatic carbocycles. The molecule has 6 nitrogen and oxygen atoms in total. The second-order valence-electron chi connectivity index (χ2n) is 6.97. The highest BCUT2D eigenvalue weighted by Gasteiger charge is 2.21. The summed E-state index contributed by atoms with van der Waals surface area (Å²) >= 11 is 0. The number of nitrogens with two attached hydrogens (primary N) is 1. The number of sulfonamides is 1. The van der Waals surface area contributed by atoms with Crippen molar-refractivity contribution in [3.05, 3.63) is 60.2 Å². The Hall–Kier alpha value is -2.22. The normalized spacial score (nSPS) is 14.0. The molecule has 0 saturated heterocycles. The van der Waals surface area contributed by atoms with Gasteiger partial charge in [-0.1, -0.05) is 30.3 Å². The van der Waals surface area contributed by atoms with E-state index in [1.165, 1.54) is 12.1 Å². The standard InChI is InChI=1S/C20H27N3O3S/c1-14(2)23-27(25,26)19-12-10-18(11-13-19)22-20(24)16(4)21-15(3)17-8-6-5-7-9-17/h5-16,21,23H,1-4H3,(H,22,24)/p+1/t15-,16-/m1/s1. The maximum absolute atomic E-state index is 12.4. The third kappa shape index (κ3) is 6.16. The van der Waals surface area contributed by atoms with Crippen LogP contribution in [-0.2, 0) is 14.8 Å². The zero-order chi connectivity index (χ0) is 20.0. The predicted molar refractivity (Wildman–Crippen MR) is 107 cm³/mol. The van der Waals surface area contributed by atoms with Crippen LogP contribution < -0.4 is 15.4 Å². The van der Waals surface area contributed by atoms with E-state index >= 15 is 0 Å². The van der Waals surface area contributed by atoms with Gasteiger partial charge in [-0.2, -0.15) is 0 Å². The van der Waals surface area contributed by atoms with Crippen molar-refractivity contribution in [2.75, 3.05) is 5.32 Å². The van der Waals surface area contributed by atoms with Crippen LogP contribution in [-0.4, -0.2) is 26.4 Å². The number of carbonyl (C=O) groups is 1. The number of rotatable bonds is 8. The first-order valence-electron chi connectivity index (χ1n) is 9.02. The molecule has 2 rings (SSSR count). The monoisotopic (exact) mass is 390 g/mol. The highest BCUT2D eigenvalue weighted by Crippen LogP contribution is 2.14. The van der Waals surface area contributed by atoms with Crippen molar-refractivity contribution in [2.24, 2.45) is 0 Å². The van der Waals surface area contributed by atoms with Crippen LogP contribution in [0, 0.1) is 0 Å². The maximum Gasteiger partial charge on any atom is 0.282 e. The Balaban J connectivity index is 1.97. The van der Waals surface area contributed by atoms with Gasteiger partial charge < -0.3 is 10.6 Å². The summed E-state index contributed by atoms with van der Waals surface area (Å²) in [5.41, 5.74) is 1.72. The van der Waals surface area contributed by atoms with Crippen molar-refractivity contribution in [1.29, 1.82) is 0 Å². The number of amides is 1. The zero-order valence-corrected chi connectivity index (χ0v) is 17.0. The first kappa shape index (κ1) is 21.1. The van der Waals surface area contributed by atoms with Crippen molar-refractivity contribution in [3.8, 4) is 0 Å². The van der Waals surface area contributed by atoms with Gasteiger partial charge in [0.15, 0.2) is 6.04 Å². The van der Waals surface area contributed by atoms with E-state index in [9.17, 15) is 13.2 Å². The van der Waals surface area contributed by atoms with Gasteiger partial charge in [0.05, 0.1) is 4.90 Å². The highest BCUT2D eigenvalue weighted by molar-refractivity contribution is 7.89. The van der Waals surface area contributed by atoms with Crippen molar-refractivity contribution in [1.82, 2.24) is 4.72 Å². The molecule has 0 heterocycles. The van der Waals surface area contributed by atoms with Gasteiger partial charge in [0.2, 0.25) is 10.0 Å². The number of nitrogens with one attached hydrogen (secondary N) is 2. The average Bonchev–Trinajstić information content (AvgIpc) is 2.61. The maximum atomic E-state index is 12.4. The smallest absolute Gasteiger partial charge is 0.282 e. The second kappa shape index (κ2) is 9.12. The fourth-order valence-electron chi connectivity index (χ4n) is 2.74. The number of hydrogen-bond acceptors (Lipinski definition) is 3. The summed E-state index contributed by atoms with van der Waals surface area (Å²) in [7, 11) is -3.54. The van der Waals surface area contributed by atoms with Crippen LogP contribution in [0.25, 0.3) is 0 Å². The number of anilines is 1. The Labute approximate surface area is 161 Å². The van der Waals surface area contributed by atoms with Crippen molar-refractivity contribution in [3.63, 3.8) is 0 Å². The summed E-state index contributed by atoms with van der Waals surface area (Å²) in [4.78, 5) is 12.6. The molecule has 0 aliphatic heterocycles. The molecule has 4 N–H and O–H groups in total. The van der Waals surface area contributed by atoms with E-state index in [1.807, 2.05) is 42.6 Å². The van der Waals surface area contributed by atoms with Gasteiger partial charge in [-0.15, -0.1) is 0 Å². The van der Waals surface area contributed by atoms with Crippen LogP contribution in [0.5, 0.6) is 0 Å². The number of benzene rings is 2. The van der Waals surface area contributed by atoms with E-state index in [0.717, 1.165) is 5.56 Å². The SMILES string of the molecule is CC(C)NS(=O)(=O)c1ccc(NC(=O)[C@@H](C)[NH2+][C@H](C)c2ccccc2)cc1.